The Morgan fingerprint density at radius 3 is 2.55 bits per heavy atom. The number of hydrogen-bond donors (Lipinski definition) is 4. The normalized spacial score (nSPS) is 15.8. The van der Waals surface area contributed by atoms with Crippen LogP contribution in [0.2, 0.25) is 0 Å². The molecule has 3 rings (SSSR count). The quantitative estimate of drug-likeness (QED) is 0.179. The molecule has 0 spiro atoms. The summed E-state index contributed by atoms with van der Waals surface area (Å²) in [5, 5.41) is 21.5. The molecule has 0 unspecified atom stereocenters. The lowest BCUT2D eigenvalue weighted by molar-refractivity contribution is 0.319. The minimum absolute atomic E-state index is 0.102. The zero-order valence-electron chi connectivity index (χ0n) is 17.0. The Labute approximate surface area is 178 Å². The van der Waals surface area contributed by atoms with Gasteiger partial charge in [-0.1, -0.05) is 56.8 Å². The highest BCUT2D eigenvalue weighted by atomic mass is 32.1. The zero-order valence-corrected chi connectivity index (χ0v) is 17.9. The third-order valence-electron chi connectivity index (χ3n) is 5.39. The smallest absolute Gasteiger partial charge is 0.133 e. The lowest BCUT2D eigenvalue weighted by Crippen LogP contribution is -2.25. The van der Waals surface area contributed by atoms with E-state index in [0.717, 1.165) is 52.9 Å². The molecule has 0 radical (unpaired) electrons. The van der Waals surface area contributed by atoms with Crippen LogP contribution in [-0.4, -0.2) is 10.8 Å². The van der Waals surface area contributed by atoms with E-state index >= 15 is 0 Å². The molecule has 1 aliphatic carbocycles. The van der Waals surface area contributed by atoms with Crippen LogP contribution in [0.15, 0.2) is 72.1 Å². The number of hydrogen-bond acceptors (Lipinski definition) is 5. The molecule has 2 aromatic rings. The molecule has 0 aliphatic heterocycles. The molecule has 0 fully saturated rings. The first kappa shape index (κ1) is 21.2. The van der Waals surface area contributed by atoms with Gasteiger partial charge in [-0.25, -0.2) is 0 Å². The number of thiol groups is 1. The van der Waals surface area contributed by atoms with Crippen molar-refractivity contribution >= 4 is 24.3 Å². The molecule has 0 bridgehead atoms. The van der Waals surface area contributed by atoms with Crippen LogP contribution in [-0.2, 0) is 10.8 Å². The summed E-state index contributed by atoms with van der Waals surface area (Å²) >= 11 is 3.88. The second-order valence-corrected chi connectivity index (χ2v) is 8.51. The van der Waals surface area contributed by atoms with Crippen LogP contribution in [0.4, 0.5) is 5.69 Å². The van der Waals surface area contributed by atoms with E-state index in [9.17, 15) is 5.11 Å². The van der Waals surface area contributed by atoms with Crippen LogP contribution in [0.5, 0.6) is 0 Å². The Bertz CT molecular complexity index is 946. The monoisotopic (exact) mass is 408 g/mol. The van der Waals surface area contributed by atoms with Gasteiger partial charge in [0.2, 0.25) is 0 Å². The fraction of sp³-hybridized carbons (Fsp3) is 0.292. The van der Waals surface area contributed by atoms with E-state index in [1.165, 1.54) is 0 Å². The second kappa shape index (κ2) is 8.89. The minimum Gasteiger partial charge on any atom is -0.506 e. The van der Waals surface area contributed by atoms with Crippen molar-refractivity contribution in [2.24, 2.45) is 5.41 Å². The van der Waals surface area contributed by atoms with Gasteiger partial charge in [0.15, 0.2) is 0 Å². The molecule has 0 aromatic heterocycles. The number of rotatable bonds is 7. The Kier molecular flexibility index (Phi) is 6.50. The summed E-state index contributed by atoms with van der Waals surface area (Å²) in [4.78, 5) is 0. The van der Waals surface area contributed by atoms with Gasteiger partial charge in [-0.15, -0.1) is 0 Å². The highest BCUT2D eigenvalue weighted by molar-refractivity contribution is 7.75. The predicted molar refractivity (Wildman–Crippen MR) is 123 cm³/mol. The number of allylic oxidation sites excluding steroid dienone is 2. The van der Waals surface area contributed by atoms with Crippen molar-refractivity contribution in [3.05, 3.63) is 77.7 Å². The first-order chi connectivity index (χ1) is 13.8. The number of nitrogens with one attached hydrogen (secondary N) is 2. The number of anilines is 1. The second-order valence-electron chi connectivity index (χ2n) is 8.25. The van der Waals surface area contributed by atoms with Crippen molar-refractivity contribution in [2.75, 3.05) is 5.32 Å². The molecule has 2 aromatic carbocycles. The lowest BCUT2D eigenvalue weighted by atomic mass is 9.74. The largest absolute Gasteiger partial charge is 0.506 e. The summed E-state index contributed by atoms with van der Waals surface area (Å²) in [5.41, 5.74) is 6.31. The molecular formula is C24H28N2O2S. The number of aliphatic hydroxyl groups excluding tert-OH is 1. The average Bonchev–Trinajstić information content (AvgIpc) is 2.70. The first-order valence-electron chi connectivity index (χ1n) is 9.71. The number of aliphatic hydroxyl groups is 1. The molecule has 5 heteroatoms. The molecule has 3 N–H and O–H groups in total. The van der Waals surface area contributed by atoms with E-state index in [0.29, 0.717) is 6.61 Å². The van der Waals surface area contributed by atoms with Crippen molar-refractivity contribution in [1.29, 1.82) is 5.41 Å². The maximum absolute atomic E-state index is 9.76. The van der Waals surface area contributed by atoms with Crippen LogP contribution in [0, 0.1) is 10.8 Å². The topological polar surface area (TPSA) is 65.3 Å². The molecular weight excluding hydrogens is 380 g/mol. The van der Waals surface area contributed by atoms with E-state index in [1.54, 1.807) is 0 Å². The maximum atomic E-state index is 9.76. The van der Waals surface area contributed by atoms with E-state index in [2.05, 4.69) is 56.9 Å². The van der Waals surface area contributed by atoms with Crippen molar-refractivity contribution < 1.29 is 9.29 Å². The minimum atomic E-state index is -0.185. The Hall–Kier alpha value is -2.50. The van der Waals surface area contributed by atoms with Gasteiger partial charge in [0, 0.05) is 17.0 Å². The zero-order chi connectivity index (χ0) is 21.0. The van der Waals surface area contributed by atoms with Crippen LogP contribution in [0.25, 0.3) is 11.1 Å². The van der Waals surface area contributed by atoms with Crippen LogP contribution in [0.1, 0.15) is 38.7 Å². The molecule has 0 saturated carbocycles. The predicted octanol–water partition coefficient (Wildman–Crippen LogP) is 6.68. The third-order valence-corrected chi connectivity index (χ3v) is 5.52. The van der Waals surface area contributed by atoms with Gasteiger partial charge in [0.25, 0.3) is 0 Å². The van der Waals surface area contributed by atoms with Gasteiger partial charge >= 0.3 is 0 Å². The maximum Gasteiger partial charge on any atom is 0.133 e. The van der Waals surface area contributed by atoms with Crippen molar-refractivity contribution in [1.82, 2.24) is 0 Å². The Morgan fingerprint density at radius 2 is 1.90 bits per heavy atom. The third kappa shape index (κ3) is 5.11. The van der Waals surface area contributed by atoms with Gasteiger partial charge < -0.3 is 14.6 Å². The molecule has 0 atom stereocenters. The summed E-state index contributed by atoms with van der Waals surface area (Å²) in [7, 11) is 0. The molecule has 4 nitrogen and oxygen atoms in total. The van der Waals surface area contributed by atoms with Gasteiger partial charge in [-0.3, -0.25) is 5.41 Å². The van der Waals surface area contributed by atoms with Crippen LogP contribution < -0.4 is 5.32 Å². The Balaban J connectivity index is 1.87. The van der Waals surface area contributed by atoms with Gasteiger partial charge in [-0.05, 0) is 66.4 Å². The number of benzene rings is 2. The standard InChI is InChI=1S/C24H28N2O2S/c1-16(27)23(25)21-14-24(2,3)13-12-22(21)26-19-10-8-17(9-11-19)20-7-5-4-6-18(20)15-28-29/h4-11,25-27,29H,1,12-15H2,2-3H3. The first-order valence-corrected chi connectivity index (χ1v) is 10.1. The summed E-state index contributed by atoms with van der Waals surface area (Å²) in [6.45, 7) is 8.37. The average molecular weight is 409 g/mol. The summed E-state index contributed by atoms with van der Waals surface area (Å²) in [5.74, 6) is -0.185. The van der Waals surface area contributed by atoms with Crippen molar-refractivity contribution in [3.8, 4) is 11.1 Å². The van der Waals surface area contributed by atoms with Crippen molar-refractivity contribution in [2.45, 2.75) is 39.7 Å². The highest BCUT2D eigenvalue weighted by Gasteiger charge is 2.29. The molecule has 0 amide bonds. The van der Waals surface area contributed by atoms with E-state index in [-0.39, 0.29) is 16.9 Å². The molecule has 1 aliphatic rings. The van der Waals surface area contributed by atoms with Gasteiger partial charge in [0.05, 0.1) is 6.61 Å². The van der Waals surface area contributed by atoms with Crippen LogP contribution >= 0.6 is 12.9 Å². The summed E-state index contributed by atoms with van der Waals surface area (Å²) in [6, 6.07) is 16.3. The van der Waals surface area contributed by atoms with Crippen LogP contribution in [0.3, 0.4) is 0 Å². The Morgan fingerprint density at radius 1 is 1.21 bits per heavy atom. The van der Waals surface area contributed by atoms with Gasteiger partial charge in [0.1, 0.15) is 11.5 Å². The molecule has 29 heavy (non-hydrogen) atoms. The summed E-state index contributed by atoms with van der Waals surface area (Å²) in [6.07, 6.45) is 2.60. The van der Waals surface area contributed by atoms with Gasteiger partial charge in [-0.2, -0.15) is 0 Å². The lowest BCUT2D eigenvalue weighted by Gasteiger charge is -2.33. The van der Waals surface area contributed by atoms with E-state index in [1.807, 2.05) is 30.3 Å². The fourth-order valence-corrected chi connectivity index (χ4v) is 3.88. The molecule has 152 valence electrons. The molecule has 0 heterocycles. The van der Waals surface area contributed by atoms with Crippen molar-refractivity contribution in [3.63, 3.8) is 0 Å². The fourth-order valence-electron chi connectivity index (χ4n) is 3.74. The SMILES string of the molecule is C=C(O)C(=N)C1=C(Nc2ccc(-c3ccccc3COS)cc2)CCC(C)(C)C1. The summed E-state index contributed by atoms with van der Waals surface area (Å²) < 4.78 is 5.01. The van der Waals surface area contributed by atoms with E-state index < -0.39 is 0 Å². The molecule has 0 saturated heterocycles. The highest BCUT2D eigenvalue weighted by Crippen LogP contribution is 2.40. The van der Waals surface area contributed by atoms with E-state index in [4.69, 9.17) is 9.59 Å².